The fourth-order valence-corrected chi connectivity index (χ4v) is 6.17. The third-order valence-electron chi connectivity index (χ3n) is 7.60. The molecule has 140 valence electrons. The van der Waals surface area contributed by atoms with Crippen molar-refractivity contribution >= 4 is 5.97 Å². The lowest BCUT2D eigenvalue weighted by atomic mass is 9.53. The molecule has 1 aromatic rings. The molecule has 2 N–H and O–H groups in total. The minimum Gasteiger partial charge on any atom is -0.462 e. The van der Waals surface area contributed by atoms with Crippen LogP contribution >= 0.6 is 0 Å². The Bertz CT molecular complexity index is 690. The number of quaternary nitrogens is 1. The second-order valence-electron chi connectivity index (χ2n) is 9.19. The molecule has 5 rings (SSSR count). The van der Waals surface area contributed by atoms with Crippen LogP contribution in [0.1, 0.15) is 44.6 Å². The number of nitrogens with zero attached hydrogens (tertiary/aromatic N) is 1. The van der Waals surface area contributed by atoms with E-state index in [1.807, 2.05) is 12.3 Å². The van der Waals surface area contributed by atoms with E-state index in [9.17, 15) is 4.79 Å². The molecule has 2 aliphatic carbocycles. The Kier molecular flexibility index (Phi) is 3.87. The van der Waals surface area contributed by atoms with E-state index >= 15 is 0 Å². The number of esters is 1. The maximum atomic E-state index is 12.6. The summed E-state index contributed by atoms with van der Waals surface area (Å²) in [4.78, 5) is 16.7. The van der Waals surface area contributed by atoms with Gasteiger partial charge in [0, 0.05) is 23.9 Å². The third kappa shape index (κ3) is 2.67. The zero-order valence-electron chi connectivity index (χ0n) is 15.5. The summed E-state index contributed by atoms with van der Waals surface area (Å²) >= 11 is 0. The van der Waals surface area contributed by atoms with E-state index in [-0.39, 0.29) is 29.0 Å². The minimum atomic E-state index is 0.0236. The summed E-state index contributed by atoms with van der Waals surface area (Å²) < 4.78 is 11.9. The zero-order valence-corrected chi connectivity index (χ0v) is 15.5. The largest absolute Gasteiger partial charge is 0.462 e. The van der Waals surface area contributed by atoms with Crippen molar-refractivity contribution in [3.8, 4) is 0 Å². The maximum absolute atomic E-state index is 12.6. The number of hydrogen-bond acceptors (Lipinski definition) is 4. The molecular weight excluding hydrogens is 328 g/mol. The van der Waals surface area contributed by atoms with E-state index in [2.05, 4.69) is 23.3 Å². The first-order chi connectivity index (χ1) is 12.6. The number of rotatable bonds is 4. The van der Waals surface area contributed by atoms with Crippen LogP contribution in [0, 0.1) is 23.2 Å². The Morgan fingerprint density at radius 2 is 2.27 bits per heavy atom. The van der Waals surface area contributed by atoms with Crippen LogP contribution in [-0.4, -0.2) is 35.8 Å². The van der Waals surface area contributed by atoms with Crippen molar-refractivity contribution in [3.63, 3.8) is 0 Å². The Morgan fingerprint density at radius 1 is 1.38 bits per heavy atom. The van der Waals surface area contributed by atoms with Gasteiger partial charge in [-0.1, -0.05) is 13.0 Å². The smallest absolute Gasteiger partial charge is 0.315 e. The lowest BCUT2D eigenvalue weighted by Gasteiger charge is -2.51. The first-order valence-electron chi connectivity index (χ1n) is 10.1. The summed E-state index contributed by atoms with van der Waals surface area (Å²) in [6, 6.07) is 4.05. The highest BCUT2D eigenvalue weighted by Crippen LogP contribution is 2.62. The van der Waals surface area contributed by atoms with Crippen molar-refractivity contribution in [3.05, 3.63) is 30.1 Å². The van der Waals surface area contributed by atoms with Gasteiger partial charge in [0.2, 0.25) is 0 Å². The van der Waals surface area contributed by atoms with Crippen molar-refractivity contribution in [1.82, 2.24) is 4.98 Å². The predicted octanol–water partition coefficient (Wildman–Crippen LogP) is 1.67. The van der Waals surface area contributed by atoms with Crippen LogP contribution in [0.5, 0.6) is 0 Å². The summed E-state index contributed by atoms with van der Waals surface area (Å²) in [6.07, 6.45) is 9.64. The first-order valence-corrected chi connectivity index (χ1v) is 10.1. The van der Waals surface area contributed by atoms with E-state index in [1.54, 1.807) is 6.20 Å². The molecule has 0 unspecified atom stereocenters. The molecule has 26 heavy (non-hydrogen) atoms. The van der Waals surface area contributed by atoms with Gasteiger partial charge in [0.15, 0.2) is 0 Å². The molecule has 4 fully saturated rings. The first kappa shape index (κ1) is 16.7. The fourth-order valence-electron chi connectivity index (χ4n) is 6.17. The van der Waals surface area contributed by atoms with E-state index in [0.717, 1.165) is 32.5 Å². The molecule has 2 saturated carbocycles. The van der Waals surface area contributed by atoms with E-state index in [4.69, 9.17) is 9.47 Å². The predicted molar refractivity (Wildman–Crippen MR) is 95.0 cm³/mol. The molecule has 0 amide bonds. The monoisotopic (exact) mass is 357 g/mol. The van der Waals surface area contributed by atoms with Crippen LogP contribution < -0.4 is 5.32 Å². The van der Waals surface area contributed by atoms with Crippen molar-refractivity contribution in [1.29, 1.82) is 0 Å². The van der Waals surface area contributed by atoms with Crippen molar-refractivity contribution in [2.75, 3.05) is 13.2 Å². The highest BCUT2D eigenvalue weighted by molar-refractivity contribution is 5.75. The maximum Gasteiger partial charge on any atom is 0.315 e. The molecule has 1 spiro atoms. The number of carbonyl (C=O) groups excluding carboxylic acids is 1. The Labute approximate surface area is 154 Å². The van der Waals surface area contributed by atoms with E-state index in [1.165, 1.54) is 24.8 Å². The average molecular weight is 357 g/mol. The SMILES string of the molecule is C[C@]12CCC[C@]3(CO3)[C@H]1C[C@H]1[C@@H](C2)OC(=O)[C@@H]1C[NH2+]Cc1cccnc1. The molecule has 0 aromatic carbocycles. The fraction of sp³-hybridized carbons (Fsp3) is 0.714. The molecule has 1 aromatic heterocycles. The molecular formula is C21H29N2O3+. The molecule has 5 nitrogen and oxygen atoms in total. The summed E-state index contributed by atoms with van der Waals surface area (Å²) in [5, 5.41) is 2.24. The van der Waals surface area contributed by atoms with Crippen LogP contribution in [-0.2, 0) is 20.8 Å². The number of ether oxygens (including phenoxy) is 2. The lowest BCUT2D eigenvalue weighted by molar-refractivity contribution is -0.675. The number of hydrogen-bond donors (Lipinski definition) is 1. The topological polar surface area (TPSA) is 68.3 Å². The van der Waals surface area contributed by atoms with Crippen molar-refractivity contribution < 1.29 is 19.6 Å². The molecule has 4 aliphatic rings. The molecule has 0 bridgehead atoms. The number of epoxide rings is 1. The highest BCUT2D eigenvalue weighted by atomic mass is 16.6. The van der Waals surface area contributed by atoms with Crippen molar-refractivity contribution in [2.24, 2.45) is 23.2 Å². The van der Waals surface area contributed by atoms with Gasteiger partial charge in [-0.05, 0) is 49.5 Å². The molecule has 2 aliphatic heterocycles. The van der Waals surface area contributed by atoms with Crippen LogP contribution in [0.25, 0.3) is 0 Å². The molecule has 6 atom stereocenters. The van der Waals surface area contributed by atoms with Gasteiger partial charge < -0.3 is 14.8 Å². The van der Waals surface area contributed by atoms with Gasteiger partial charge in [-0.15, -0.1) is 0 Å². The van der Waals surface area contributed by atoms with Gasteiger partial charge in [-0.25, -0.2) is 0 Å². The summed E-state index contributed by atoms with van der Waals surface area (Å²) in [5.74, 6) is 1.01. The number of nitrogens with two attached hydrogens (primary N) is 1. The van der Waals surface area contributed by atoms with Crippen LogP contribution in [0.15, 0.2) is 24.5 Å². The Hall–Kier alpha value is -1.46. The molecule has 0 radical (unpaired) electrons. The normalized spacial score (nSPS) is 43.7. The molecule has 2 saturated heterocycles. The standard InChI is InChI=1S/C21H28N2O3/c1-20-5-3-6-21(13-25-21)18(20)8-15-16(19(24)26-17(15)9-20)12-23-11-14-4-2-7-22-10-14/h2,4,7,10,15-18,23H,3,5-6,8-9,11-13H2,1H3/p+1/t15-,16-,17-,18+,20-,21+/m1/s1. The van der Waals surface area contributed by atoms with Gasteiger partial charge in [-0.2, -0.15) is 0 Å². The van der Waals surface area contributed by atoms with Gasteiger partial charge in [0.1, 0.15) is 18.6 Å². The van der Waals surface area contributed by atoms with Crippen LogP contribution in [0.4, 0.5) is 0 Å². The lowest BCUT2D eigenvalue weighted by Crippen LogP contribution is -2.84. The van der Waals surface area contributed by atoms with Crippen molar-refractivity contribution in [2.45, 2.75) is 57.3 Å². The molecule has 5 heteroatoms. The summed E-state index contributed by atoms with van der Waals surface area (Å²) in [6.45, 7) is 5.01. The number of pyridine rings is 1. The summed E-state index contributed by atoms with van der Waals surface area (Å²) in [7, 11) is 0. The zero-order chi connectivity index (χ0) is 17.8. The van der Waals surface area contributed by atoms with Gasteiger partial charge in [-0.3, -0.25) is 9.78 Å². The van der Waals surface area contributed by atoms with Gasteiger partial charge >= 0.3 is 5.97 Å². The molecule has 3 heterocycles. The second kappa shape index (κ2) is 6.03. The Balaban J connectivity index is 1.28. The number of fused-ring (bicyclic) bond motifs is 3. The van der Waals surface area contributed by atoms with Gasteiger partial charge in [0.25, 0.3) is 0 Å². The van der Waals surface area contributed by atoms with Crippen LogP contribution in [0.3, 0.4) is 0 Å². The van der Waals surface area contributed by atoms with E-state index in [0.29, 0.717) is 11.8 Å². The second-order valence-corrected chi connectivity index (χ2v) is 9.19. The Morgan fingerprint density at radius 3 is 3.04 bits per heavy atom. The summed E-state index contributed by atoms with van der Waals surface area (Å²) in [5.41, 5.74) is 1.61. The van der Waals surface area contributed by atoms with Gasteiger partial charge in [0.05, 0.1) is 18.8 Å². The van der Waals surface area contributed by atoms with E-state index < -0.39 is 0 Å². The third-order valence-corrected chi connectivity index (χ3v) is 7.60. The van der Waals surface area contributed by atoms with Crippen LogP contribution in [0.2, 0.25) is 0 Å². The minimum absolute atomic E-state index is 0.0236. The number of carbonyl (C=O) groups is 1. The quantitative estimate of drug-likeness (QED) is 0.657. The highest BCUT2D eigenvalue weighted by Gasteiger charge is 2.65. The number of aromatic nitrogens is 1. The average Bonchev–Trinajstić information content (AvgIpc) is 3.33.